The molecule has 0 aromatic heterocycles. The van der Waals surface area contributed by atoms with Crippen molar-refractivity contribution in [2.75, 3.05) is 0 Å². The second-order valence-corrected chi connectivity index (χ2v) is 5.15. The fourth-order valence-electron chi connectivity index (χ4n) is 2.05. The molecule has 2 aromatic carbocycles. The Bertz CT molecular complexity index is 660. The molecule has 5 heteroatoms. The summed E-state index contributed by atoms with van der Waals surface area (Å²) in [6, 6.07) is 11.6. The van der Waals surface area contributed by atoms with Crippen LogP contribution in [0.15, 0.2) is 42.5 Å². The van der Waals surface area contributed by atoms with Gasteiger partial charge in [0.15, 0.2) is 0 Å². The fourth-order valence-corrected chi connectivity index (χ4v) is 2.35. The number of halogens is 2. The van der Waals surface area contributed by atoms with Gasteiger partial charge in [-0.05, 0) is 36.2 Å². The minimum atomic E-state index is -1.27. The molecule has 21 heavy (non-hydrogen) atoms. The Hall–Kier alpha value is -1.91. The molecule has 0 radical (unpaired) electrons. The Kier molecular flexibility index (Phi) is 4.94. The zero-order valence-corrected chi connectivity index (χ0v) is 12.2. The van der Waals surface area contributed by atoms with Crippen molar-refractivity contribution in [3.05, 3.63) is 70.0 Å². The predicted molar refractivity (Wildman–Crippen MR) is 80.1 cm³/mol. The van der Waals surface area contributed by atoms with E-state index in [1.807, 2.05) is 31.2 Å². The smallest absolute Gasteiger partial charge is 0.338 e. The number of benzene rings is 2. The lowest BCUT2D eigenvalue weighted by molar-refractivity contribution is 0.0692. The van der Waals surface area contributed by atoms with Crippen molar-refractivity contribution in [1.82, 2.24) is 5.32 Å². The molecule has 0 aliphatic rings. The van der Waals surface area contributed by atoms with Gasteiger partial charge >= 0.3 is 5.97 Å². The van der Waals surface area contributed by atoms with E-state index in [9.17, 15) is 9.18 Å². The molecule has 3 nitrogen and oxygen atoms in total. The van der Waals surface area contributed by atoms with Crippen LogP contribution in [-0.4, -0.2) is 11.1 Å². The Morgan fingerprint density at radius 2 is 2.05 bits per heavy atom. The lowest BCUT2D eigenvalue weighted by Crippen LogP contribution is -2.18. The molecule has 0 aliphatic carbocycles. The Morgan fingerprint density at radius 3 is 2.67 bits per heavy atom. The first-order valence-electron chi connectivity index (χ1n) is 6.48. The van der Waals surface area contributed by atoms with Crippen LogP contribution < -0.4 is 5.32 Å². The van der Waals surface area contributed by atoms with Crippen molar-refractivity contribution in [2.45, 2.75) is 19.5 Å². The summed E-state index contributed by atoms with van der Waals surface area (Å²) in [5.74, 6) is -2.00. The molecule has 1 atom stereocenters. The van der Waals surface area contributed by atoms with Crippen molar-refractivity contribution < 1.29 is 14.3 Å². The van der Waals surface area contributed by atoms with Crippen LogP contribution in [0.1, 0.15) is 34.5 Å². The number of aromatic carboxylic acids is 1. The quantitative estimate of drug-likeness (QED) is 0.877. The van der Waals surface area contributed by atoms with Crippen LogP contribution in [0.25, 0.3) is 0 Å². The summed E-state index contributed by atoms with van der Waals surface area (Å²) in [5, 5.41) is 12.7. The first kappa shape index (κ1) is 15.5. The van der Waals surface area contributed by atoms with Crippen molar-refractivity contribution in [3.8, 4) is 0 Å². The molecule has 0 amide bonds. The lowest BCUT2D eigenvalue weighted by atomic mass is 10.1. The molecule has 0 unspecified atom stereocenters. The van der Waals surface area contributed by atoms with E-state index in [1.165, 1.54) is 12.1 Å². The van der Waals surface area contributed by atoms with Crippen molar-refractivity contribution in [2.24, 2.45) is 0 Å². The number of hydrogen-bond donors (Lipinski definition) is 2. The van der Waals surface area contributed by atoms with Crippen molar-refractivity contribution in [3.63, 3.8) is 0 Å². The maximum atomic E-state index is 13.6. The molecule has 0 spiro atoms. The van der Waals surface area contributed by atoms with E-state index in [1.54, 1.807) is 6.07 Å². The minimum Gasteiger partial charge on any atom is -0.478 e. The molecule has 0 bridgehead atoms. The highest BCUT2D eigenvalue weighted by molar-refractivity contribution is 6.31. The summed E-state index contributed by atoms with van der Waals surface area (Å²) >= 11 is 6.12. The first-order chi connectivity index (χ1) is 9.99. The van der Waals surface area contributed by atoms with Crippen LogP contribution in [0.2, 0.25) is 5.02 Å². The van der Waals surface area contributed by atoms with Crippen LogP contribution in [-0.2, 0) is 6.54 Å². The van der Waals surface area contributed by atoms with Crippen LogP contribution in [0.5, 0.6) is 0 Å². The van der Waals surface area contributed by atoms with Crippen LogP contribution in [0, 0.1) is 5.82 Å². The zero-order valence-electron chi connectivity index (χ0n) is 11.4. The van der Waals surface area contributed by atoms with E-state index in [0.29, 0.717) is 17.1 Å². The van der Waals surface area contributed by atoms with Gasteiger partial charge in [0.2, 0.25) is 0 Å². The van der Waals surface area contributed by atoms with E-state index < -0.39 is 11.8 Å². The highest BCUT2D eigenvalue weighted by Gasteiger charge is 2.12. The van der Waals surface area contributed by atoms with E-state index in [0.717, 1.165) is 5.56 Å². The molecule has 110 valence electrons. The Labute approximate surface area is 127 Å². The molecular weight excluding hydrogens is 293 g/mol. The predicted octanol–water partition coefficient (Wildman–Crippen LogP) is 4.03. The minimum absolute atomic E-state index is 0.000844. The monoisotopic (exact) mass is 307 g/mol. The first-order valence-corrected chi connectivity index (χ1v) is 6.86. The van der Waals surface area contributed by atoms with Gasteiger partial charge in [-0.2, -0.15) is 0 Å². The maximum Gasteiger partial charge on any atom is 0.338 e. The Morgan fingerprint density at radius 1 is 1.33 bits per heavy atom. The van der Waals surface area contributed by atoms with Crippen LogP contribution in [0.4, 0.5) is 4.39 Å². The van der Waals surface area contributed by atoms with Gasteiger partial charge in [0.25, 0.3) is 0 Å². The summed E-state index contributed by atoms with van der Waals surface area (Å²) in [7, 11) is 0. The van der Waals surface area contributed by atoms with E-state index >= 15 is 0 Å². The third-order valence-electron chi connectivity index (χ3n) is 3.25. The summed E-state index contributed by atoms with van der Waals surface area (Å²) in [6.45, 7) is 2.38. The average molecular weight is 308 g/mol. The Balaban J connectivity index is 2.05. The average Bonchev–Trinajstić information content (AvgIpc) is 2.45. The molecule has 0 aliphatic heterocycles. The van der Waals surface area contributed by atoms with Gasteiger partial charge < -0.3 is 10.4 Å². The van der Waals surface area contributed by atoms with E-state index in [4.69, 9.17) is 16.7 Å². The van der Waals surface area contributed by atoms with Gasteiger partial charge in [-0.3, -0.25) is 0 Å². The third-order valence-corrected chi connectivity index (χ3v) is 3.59. The summed E-state index contributed by atoms with van der Waals surface area (Å²) in [5.41, 5.74) is 1.32. The topological polar surface area (TPSA) is 49.3 Å². The summed E-state index contributed by atoms with van der Waals surface area (Å²) in [6.07, 6.45) is 0. The highest BCUT2D eigenvalue weighted by Crippen LogP contribution is 2.22. The van der Waals surface area contributed by atoms with Crippen molar-refractivity contribution in [1.29, 1.82) is 0 Å². The van der Waals surface area contributed by atoms with Crippen molar-refractivity contribution >= 4 is 17.6 Å². The van der Waals surface area contributed by atoms with Gasteiger partial charge in [-0.25, -0.2) is 9.18 Å². The highest BCUT2D eigenvalue weighted by atomic mass is 35.5. The molecule has 2 N–H and O–H groups in total. The molecule has 2 rings (SSSR count). The fraction of sp³-hybridized carbons (Fsp3) is 0.188. The van der Waals surface area contributed by atoms with Gasteiger partial charge in [-0.1, -0.05) is 35.9 Å². The van der Waals surface area contributed by atoms with Crippen LogP contribution >= 0.6 is 11.6 Å². The maximum absolute atomic E-state index is 13.6. The lowest BCUT2D eigenvalue weighted by Gasteiger charge is -2.16. The number of rotatable bonds is 5. The van der Waals surface area contributed by atoms with Gasteiger partial charge in [-0.15, -0.1) is 0 Å². The normalized spacial score (nSPS) is 12.1. The largest absolute Gasteiger partial charge is 0.478 e. The van der Waals surface area contributed by atoms with Crippen LogP contribution in [0.3, 0.4) is 0 Å². The van der Waals surface area contributed by atoms with Gasteiger partial charge in [0, 0.05) is 17.6 Å². The summed E-state index contributed by atoms with van der Waals surface area (Å²) in [4.78, 5) is 10.8. The molecule has 0 heterocycles. The molecular formula is C16H15ClFNO2. The standard InChI is InChI=1S/C16H15ClFNO2/c1-10(12-4-2-3-5-14(12)17)19-9-11-6-7-13(16(20)21)15(18)8-11/h2-8,10,19H,9H2,1H3,(H,20,21)/t10-/m0/s1. The summed E-state index contributed by atoms with van der Waals surface area (Å²) < 4.78 is 13.6. The number of carbonyl (C=O) groups is 1. The van der Waals surface area contributed by atoms with E-state index in [-0.39, 0.29) is 11.6 Å². The number of nitrogens with one attached hydrogen (secondary N) is 1. The second-order valence-electron chi connectivity index (χ2n) is 4.74. The molecule has 0 fully saturated rings. The number of carboxylic acid groups (broad SMARTS) is 1. The number of carboxylic acids is 1. The molecule has 0 saturated heterocycles. The second kappa shape index (κ2) is 6.70. The zero-order chi connectivity index (χ0) is 15.4. The van der Waals surface area contributed by atoms with Gasteiger partial charge in [0.05, 0.1) is 5.56 Å². The SMILES string of the molecule is C[C@H](NCc1ccc(C(=O)O)c(F)c1)c1ccccc1Cl. The third kappa shape index (κ3) is 3.80. The molecule has 2 aromatic rings. The molecule has 0 saturated carbocycles. The van der Waals surface area contributed by atoms with Gasteiger partial charge in [0.1, 0.15) is 5.82 Å². The van der Waals surface area contributed by atoms with E-state index in [2.05, 4.69) is 5.32 Å². The number of hydrogen-bond acceptors (Lipinski definition) is 2.